The summed E-state index contributed by atoms with van der Waals surface area (Å²) in [4.78, 5) is 3.08. The first-order valence-corrected chi connectivity index (χ1v) is 7.38. The van der Waals surface area contributed by atoms with Crippen LogP contribution in [0.25, 0.3) is 10.9 Å². The van der Waals surface area contributed by atoms with Crippen LogP contribution in [0.2, 0.25) is 0 Å². The summed E-state index contributed by atoms with van der Waals surface area (Å²) in [6.07, 6.45) is 2.47. The van der Waals surface area contributed by atoms with E-state index in [1.165, 1.54) is 4.31 Å². The average molecular weight is 266 g/mol. The molecule has 0 atom stereocenters. The number of benzene rings is 1. The highest BCUT2D eigenvalue weighted by Gasteiger charge is 2.30. The Morgan fingerprint density at radius 2 is 2.22 bits per heavy atom. The number of methoxy groups -OCH3 is 1. The van der Waals surface area contributed by atoms with Gasteiger partial charge < -0.3 is 9.72 Å². The van der Waals surface area contributed by atoms with Crippen molar-refractivity contribution in [3.63, 3.8) is 0 Å². The molecular weight excluding hydrogens is 252 g/mol. The molecule has 0 unspecified atom stereocenters. The molecule has 1 saturated heterocycles. The number of fused-ring (bicyclic) bond motifs is 1. The third-order valence-corrected chi connectivity index (χ3v) is 5.08. The number of ether oxygens (including phenoxy) is 1. The van der Waals surface area contributed by atoms with Gasteiger partial charge in [-0.25, -0.2) is 8.42 Å². The molecule has 18 heavy (non-hydrogen) atoms. The summed E-state index contributed by atoms with van der Waals surface area (Å²) >= 11 is 0. The molecule has 5 nitrogen and oxygen atoms in total. The van der Waals surface area contributed by atoms with Crippen molar-refractivity contribution in [2.24, 2.45) is 0 Å². The van der Waals surface area contributed by atoms with Crippen LogP contribution >= 0.6 is 0 Å². The Morgan fingerprint density at radius 1 is 1.39 bits per heavy atom. The van der Waals surface area contributed by atoms with Crippen molar-refractivity contribution in [1.29, 1.82) is 0 Å². The van der Waals surface area contributed by atoms with Crippen LogP contribution in [0.1, 0.15) is 6.42 Å². The lowest BCUT2D eigenvalue weighted by Crippen LogP contribution is -2.25. The average Bonchev–Trinajstić information content (AvgIpc) is 2.93. The van der Waals surface area contributed by atoms with Gasteiger partial charge in [0.2, 0.25) is 10.0 Å². The van der Waals surface area contributed by atoms with Gasteiger partial charge >= 0.3 is 0 Å². The first-order chi connectivity index (χ1) is 8.62. The normalized spacial score (nSPS) is 18.4. The smallest absolute Gasteiger partial charge is 0.235 e. The maximum atomic E-state index is 12.0. The van der Waals surface area contributed by atoms with Crippen molar-refractivity contribution in [2.45, 2.75) is 6.42 Å². The van der Waals surface area contributed by atoms with E-state index in [2.05, 4.69) is 4.98 Å². The molecule has 6 heteroatoms. The fourth-order valence-corrected chi connectivity index (χ4v) is 3.93. The van der Waals surface area contributed by atoms with Crippen LogP contribution in [-0.2, 0) is 10.0 Å². The molecule has 2 heterocycles. The number of aromatic amines is 1. The van der Waals surface area contributed by atoms with E-state index < -0.39 is 10.0 Å². The maximum absolute atomic E-state index is 12.0. The Bertz CT molecular complexity index is 690. The van der Waals surface area contributed by atoms with E-state index in [4.69, 9.17) is 4.74 Å². The number of anilines is 1. The highest BCUT2D eigenvalue weighted by Crippen LogP contribution is 2.34. The number of H-pyrrole nitrogens is 1. The van der Waals surface area contributed by atoms with Gasteiger partial charge in [0.25, 0.3) is 0 Å². The number of hydrogen-bond donors (Lipinski definition) is 1. The quantitative estimate of drug-likeness (QED) is 0.900. The Morgan fingerprint density at radius 3 is 2.89 bits per heavy atom. The predicted molar refractivity (Wildman–Crippen MR) is 70.6 cm³/mol. The largest absolute Gasteiger partial charge is 0.497 e. The summed E-state index contributed by atoms with van der Waals surface area (Å²) < 4.78 is 30.7. The first-order valence-electron chi connectivity index (χ1n) is 5.77. The van der Waals surface area contributed by atoms with Gasteiger partial charge in [-0.3, -0.25) is 4.31 Å². The van der Waals surface area contributed by atoms with Gasteiger partial charge in [0.1, 0.15) is 5.75 Å². The zero-order chi connectivity index (χ0) is 12.8. The van der Waals surface area contributed by atoms with E-state index in [0.29, 0.717) is 24.4 Å². The van der Waals surface area contributed by atoms with Gasteiger partial charge in [-0.05, 0) is 12.5 Å². The highest BCUT2D eigenvalue weighted by molar-refractivity contribution is 7.93. The molecule has 96 valence electrons. The van der Waals surface area contributed by atoms with Gasteiger partial charge in [0.05, 0.1) is 24.1 Å². The SMILES string of the molecule is COc1cc(N2CCCS2(=O)=O)c2cc[nH]c2c1. The molecule has 1 aromatic carbocycles. The highest BCUT2D eigenvalue weighted by atomic mass is 32.2. The molecule has 0 amide bonds. The minimum absolute atomic E-state index is 0.218. The number of sulfonamides is 1. The topological polar surface area (TPSA) is 62.4 Å². The molecule has 0 saturated carbocycles. The fraction of sp³-hybridized carbons (Fsp3) is 0.333. The number of rotatable bonds is 2. The van der Waals surface area contributed by atoms with E-state index in [9.17, 15) is 8.42 Å². The zero-order valence-electron chi connectivity index (χ0n) is 10.0. The number of hydrogen-bond acceptors (Lipinski definition) is 3. The van der Waals surface area contributed by atoms with Crippen molar-refractivity contribution >= 4 is 26.6 Å². The van der Waals surface area contributed by atoms with Crippen molar-refractivity contribution in [2.75, 3.05) is 23.7 Å². The van der Waals surface area contributed by atoms with Gasteiger partial charge in [-0.15, -0.1) is 0 Å². The Balaban J connectivity index is 2.24. The van der Waals surface area contributed by atoms with E-state index in [0.717, 1.165) is 10.9 Å². The molecule has 1 aliphatic rings. The maximum Gasteiger partial charge on any atom is 0.235 e. The van der Waals surface area contributed by atoms with E-state index in [1.807, 2.05) is 12.1 Å². The minimum Gasteiger partial charge on any atom is -0.497 e. The summed E-state index contributed by atoms with van der Waals surface area (Å²) in [7, 11) is -1.59. The monoisotopic (exact) mass is 266 g/mol. The lowest BCUT2D eigenvalue weighted by molar-refractivity contribution is 0.415. The summed E-state index contributed by atoms with van der Waals surface area (Å²) in [5, 5.41) is 0.904. The van der Waals surface area contributed by atoms with Crippen LogP contribution in [-0.4, -0.2) is 32.8 Å². The Labute approximate surface area is 105 Å². The van der Waals surface area contributed by atoms with Gasteiger partial charge in [0.15, 0.2) is 0 Å². The summed E-state index contributed by atoms with van der Waals surface area (Å²) in [6, 6.07) is 5.53. The second-order valence-corrected chi connectivity index (χ2v) is 6.34. The van der Waals surface area contributed by atoms with Crippen LogP contribution in [0.4, 0.5) is 5.69 Å². The van der Waals surface area contributed by atoms with Crippen LogP contribution in [0.3, 0.4) is 0 Å². The molecule has 2 aromatic rings. The van der Waals surface area contributed by atoms with E-state index in [1.54, 1.807) is 19.4 Å². The van der Waals surface area contributed by atoms with Crippen LogP contribution < -0.4 is 9.04 Å². The molecule has 0 radical (unpaired) electrons. The second kappa shape index (κ2) is 3.91. The molecule has 1 aromatic heterocycles. The van der Waals surface area contributed by atoms with Crippen molar-refractivity contribution in [1.82, 2.24) is 4.98 Å². The van der Waals surface area contributed by atoms with E-state index in [-0.39, 0.29) is 5.75 Å². The van der Waals surface area contributed by atoms with Crippen molar-refractivity contribution in [3.05, 3.63) is 24.4 Å². The number of nitrogens with zero attached hydrogens (tertiary/aromatic N) is 1. The van der Waals surface area contributed by atoms with Crippen molar-refractivity contribution < 1.29 is 13.2 Å². The summed E-state index contributed by atoms with van der Waals surface area (Å²) in [5.41, 5.74) is 1.58. The second-order valence-electron chi connectivity index (χ2n) is 4.33. The summed E-state index contributed by atoms with van der Waals surface area (Å²) in [5.74, 6) is 0.873. The molecule has 1 aliphatic heterocycles. The molecule has 1 N–H and O–H groups in total. The third kappa shape index (κ3) is 1.64. The number of aromatic nitrogens is 1. The lowest BCUT2D eigenvalue weighted by atomic mass is 10.2. The lowest BCUT2D eigenvalue weighted by Gasteiger charge is -2.18. The first kappa shape index (κ1) is 11.4. The Kier molecular flexibility index (Phi) is 2.48. The third-order valence-electron chi connectivity index (χ3n) is 3.22. The standard InChI is InChI=1S/C12H14N2O3S/c1-17-9-7-11-10(3-4-13-11)12(8-9)14-5-2-6-18(14,15)16/h3-4,7-8,13H,2,5-6H2,1H3. The van der Waals surface area contributed by atoms with Crippen LogP contribution in [0.5, 0.6) is 5.75 Å². The van der Waals surface area contributed by atoms with Crippen molar-refractivity contribution in [3.8, 4) is 5.75 Å². The molecule has 0 bridgehead atoms. The van der Waals surface area contributed by atoms with E-state index >= 15 is 0 Å². The van der Waals surface area contributed by atoms with Gasteiger partial charge in [0, 0.05) is 30.3 Å². The van der Waals surface area contributed by atoms with Gasteiger partial charge in [-0.1, -0.05) is 0 Å². The molecule has 0 aliphatic carbocycles. The van der Waals surface area contributed by atoms with Crippen LogP contribution in [0, 0.1) is 0 Å². The fourth-order valence-electron chi connectivity index (χ4n) is 2.36. The molecular formula is C12H14N2O3S. The predicted octanol–water partition coefficient (Wildman–Crippen LogP) is 1.72. The zero-order valence-corrected chi connectivity index (χ0v) is 10.8. The molecule has 1 fully saturated rings. The van der Waals surface area contributed by atoms with Gasteiger partial charge in [-0.2, -0.15) is 0 Å². The Hall–Kier alpha value is -1.69. The minimum atomic E-state index is -3.17. The van der Waals surface area contributed by atoms with Crippen LogP contribution in [0.15, 0.2) is 24.4 Å². The summed E-state index contributed by atoms with van der Waals surface area (Å²) in [6.45, 7) is 0.537. The molecule has 3 rings (SSSR count). The molecule has 0 spiro atoms. The number of nitrogens with one attached hydrogen (secondary N) is 1.